The number of rotatable bonds is 3. The highest BCUT2D eigenvalue weighted by Gasteiger charge is 2.74. The Morgan fingerprint density at radius 1 is 1.41 bits per heavy atom. The molecule has 0 amide bonds. The molecule has 4 unspecified atom stereocenters. The van der Waals surface area contributed by atoms with Crippen LogP contribution in [0.15, 0.2) is 22.7 Å². The van der Waals surface area contributed by atoms with Crippen LogP contribution in [0.1, 0.15) is 51.8 Å². The maximum Gasteiger partial charge on any atom is 0.386 e. The second-order valence-corrected chi connectivity index (χ2v) is 9.53. The minimum atomic E-state index is -1.78. The molecule has 0 spiro atoms. The smallest absolute Gasteiger partial charge is 0.386 e. The van der Waals surface area contributed by atoms with Gasteiger partial charge in [0.25, 0.3) is 0 Å². The van der Waals surface area contributed by atoms with Gasteiger partial charge in [0.15, 0.2) is 0 Å². The van der Waals surface area contributed by atoms with Crippen molar-refractivity contribution in [1.29, 1.82) is 0 Å². The lowest BCUT2D eigenvalue weighted by Gasteiger charge is -2.35. The van der Waals surface area contributed by atoms with Gasteiger partial charge < -0.3 is 9.72 Å². The Labute approximate surface area is 165 Å². The summed E-state index contributed by atoms with van der Waals surface area (Å²) in [4.78, 5) is 33.0. The topological polar surface area (TPSA) is 98.1 Å². The van der Waals surface area contributed by atoms with Gasteiger partial charge in [-0.1, -0.05) is 15.9 Å². The minimum Gasteiger partial charge on any atom is -0.455 e. The Bertz CT molecular complexity index is 935. The maximum absolute atomic E-state index is 13.2. The molecule has 1 aromatic heterocycles. The van der Waals surface area contributed by atoms with Crippen molar-refractivity contribution >= 4 is 32.9 Å². The number of hydrogen-bond donors (Lipinski definition) is 1. The quantitative estimate of drug-likeness (QED) is 0.442. The Balaban J connectivity index is 1.85. The predicted molar refractivity (Wildman–Crippen MR) is 103 cm³/mol. The molecule has 4 rings (SSSR count). The highest BCUT2D eigenvalue weighted by Crippen LogP contribution is 2.60. The Kier molecular flexibility index (Phi) is 4.10. The summed E-state index contributed by atoms with van der Waals surface area (Å²) in [6, 6.07) is 5.62. The van der Waals surface area contributed by atoms with Crippen LogP contribution in [0, 0.1) is 22.0 Å². The molecule has 1 heterocycles. The summed E-state index contributed by atoms with van der Waals surface area (Å²) in [5.74, 6) is -1.10. The van der Waals surface area contributed by atoms with Gasteiger partial charge in [-0.05, 0) is 64.2 Å². The molecule has 144 valence electrons. The van der Waals surface area contributed by atoms with E-state index in [1.807, 2.05) is 18.2 Å². The molecule has 2 aliphatic carbocycles. The molecular formula is C19H22BrN3O4. The molecule has 27 heavy (non-hydrogen) atoms. The molecule has 2 aliphatic rings. The summed E-state index contributed by atoms with van der Waals surface area (Å²) in [6.45, 7) is 5.21. The van der Waals surface area contributed by atoms with Crippen LogP contribution in [0.3, 0.4) is 0 Å². The lowest BCUT2D eigenvalue weighted by atomic mass is 9.72. The Morgan fingerprint density at radius 2 is 2.15 bits per heavy atom. The van der Waals surface area contributed by atoms with Crippen molar-refractivity contribution < 1.29 is 14.5 Å². The molecule has 2 fully saturated rings. The van der Waals surface area contributed by atoms with Crippen LogP contribution >= 0.6 is 15.9 Å². The first kappa shape index (κ1) is 18.4. The molecule has 0 radical (unpaired) electrons. The number of hydrogen-bond acceptors (Lipinski definition) is 5. The first-order valence-electron chi connectivity index (χ1n) is 9.16. The molecule has 7 nitrogen and oxygen atoms in total. The first-order valence-corrected chi connectivity index (χ1v) is 9.95. The Hall–Kier alpha value is -1.96. The van der Waals surface area contributed by atoms with Crippen molar-refractivity contribution in [2.75, 3.05) is 0 Å². The van der Waals surface area contributed by atoms with Gasteiger partial charge in [0.2, 0.25) is 0 Å². The SMILES string of the molecule is CC(C)(C)OC(=O)C1([N+](=O)[O-])C2CCC(C2)C1c1nc2ccc(Br)cc2[nH]1. The van der Waals surface area contributed by atoms with Crippen molar-refractivity contribution in [3.8, 4) is 0 Å². The van der Waals surface area contributed by atoms with Crippen LogP contribution in [-0.2, 0) is 9.53 Å². The van der Waals surface area contributed by atoms with E-state index in [0.29, 0.717) is 18.7 Å². The van der Waals surface area contributed by atoms with E-state index < -0.39 is 28.0 Å². The van der Waals surface area contributed by atoms with Crippen molar-refractivity contribution in [2.45, 2.75) is 57.1 Å². The predicted octanol–water partition coefficient (Wildman–Crippen LogP) is 4.20. The van der Waals surface area contributed by atoms with Gasteiger partial charge in [-0.3, -0.25) is 10.1 Å². The number of carbonyl (C=O) groups is 1. The molecule has 0 saturated heterocycles. The third kappa shape index (κ3) is 2.76. The zero-order valence-corrected chi connectivity index (χ0v) is 17.1. The van der Waals surface area contributed by atoms with E-state index in [1.165, 1.54) is 0 Å². The normalized spacial score (nSPS) is 30.0. The molecule has 8 heteroatoms. The fourth-order valence-corrected chi connectivity index (χ4v) is 5.26. The number of carbonyl (C=O) groups excluding carboxylic acids is 1. The largest absolute Gasteiger partial charge is 0.455 e. The summed E-state index contributed by atoms with van der Waals surface area (Å²) >= 11 is 3.43. The Morgan fingerprint density at radius 3 is 2.81 bits per heavy atom. The van der Waals surface area contributed by atoms with E-state index in [9.17, 15) is 14.9 Å². The third-order valence-electron chi connectivity index (χ3n) is 5.83. The monoisotopic (exact) mass is 435 g/mol. The zero-order chi connectivity index (χ0) is 19.6. The molecule has 2 bridgehead atoms. The highest BCUT2D eigenvalue weighted by molar-refractivity contribution is 9.10. The van der Waals surface area contributed by atoms with E-state index >= 15 is 0 Å². The van der Waals surface area contributed by atoms with E-state index in [4.69, 9.17) is 4.74 Å². The van der Waals surface area contributed by atoms with Crippen LogP contribution in [0.25, 0.3) is 11.0 Å². The minimum absolute atomic E-state index is 0.0527. The van der Waals surface area contributed by atoms with E-state index in [1.54, 1.807) is 20.8 Å². The van der Waals surface area contributed by atoms with Crippen LogP contribution in [-0.4, -0.2) is 32.0 Å². The van der Waals surface area contributed by atoms with Crippen molar-refractivity contribution in [3.63, 3.8) is 0 Å². The molecule has 1 N–H and O–H groups in total. The number of benzene rings is 1. The fourth-order valence-electron chi connectivity index (χ4n) is 4.90. The van der Waals surface area contributed by atoms with Gasteiger partial charge >= 0.3 is 11.5 Å². The number of aromatic nitrogens is 2. The number of esters is 1. The number of nitrogens with zero attached hydrogens (tertiary/aromatic N) is 2. The van der Waals surface area contributed by atoms with Crippen LogP contribution in [0.5, 0.6) is 0 Å². The highest BCUT2D eigenvalue weighted by atomic mass is 79.9. The lowest BCUT2D eigenvalue weighted by molar-refractivity contribution is -0.569. The number of H-pyrrole nitrogens is 1. The average Bonchev–Trinajstić information content (AvgIpc) is 3.24. The number of nitro groups is 1. The van der Waals surface area contributed by atoms with Gasteiger partial charge in [-0.15, -0.1) is 0 Å². The number of imidazole rings is 1. The van der Waals surface area contributed by atoms with Gasteiger partial charge in [0.05, 0.1) is 11.0 Å². The number of nitrogens with one attached hydrogen (secondary N) is 1. The first-order chi connectivity index (χ1) is 12.6. The summed E-state index contributed by atoms with van der Waals surface area (Å²) in [5, 5.41) is 12.3. The molecule has 0 aliphatic heterocycles. The number of halogens is 1. The molecule has 4 atom stereocenters. The van der Waals surface area contributed by atoms with Crippen molar-refractivity contribution in [1.82, 2.24) is 9.97 Å². The number of fused-ring (bicyclic) bond motifs is 3. The standard InChI is InChI=1S/C19H22BrN3O4/c1-18(2,3)27-17(24)19(23(25)26)11-5-4-10(8-11)15(19)16-21-13-7-6-12(20)9-14(13)22-16/h6-7,9-11,15H,4-5,8H2,1-3H3,(H,21,22). The summed E-state index contributed by atoms with van der Waals surface area (Å²) in [5.41, 5.74) is -1.03. The summed E-state index contributed by atoms with van der Waals surface area (Å²) in [7, 11) is 0. The van der Waals surface area contributed by atoms with Crippen LogP contribution < -0.4 is 0 Å². The number of aromatic amines is 1. The van der Waals surface area contributed by atoms with E-state index in [2.05, 4.69) is 25.9 Å². The van der Waals surface area contributed by atoms with Crippen molar-refractivity contribution in [3.05, 3.63) is 38.6 Å². The van der Waals surface area contributed by atoms with E-state index in [-0.39, 0.29) is 11.8 Å². The van der Waals surface area contributed by atoms with Crippen LogP contribution in [0.4, 0.5) is 0 Å². The van der Waals surface area contributed by atoms with Crippen LogP contribution in [0.2, 0.25) is 0 Å². The zero-order valence-electron chi connectivity index (χ0n) is 15.5. The van der Waals surface area contributed by atoms with Gasteiger partial charge in [-0.25, -0.2) is 9.78 Å². The molecule has 2 saturated carbocycles. The maximum atomic E-state index is 13.2. The third-order valence-corrected chi connectivity index (χ3v) is 6.32. The van der Waals surface area contributed by atoms with Gasteiger partial charge in [0.1, 0.15) is 17.3 Å². The second kappa shape index (κ2) is 6.02. The molecule has 2 aromatic rings. The number of ether oxygens (including phenoxy) is 1. The average molecular weight is 436 g/mol. The summed E-state index contributed by atoms with van der Waals surface area (Å²) < 4.78 is 6.45. The second-order valence-electron chi connectivity index (χ2n) is 8.62. The van der Waals surface area contributed by atoms with E-state index in [0.717, 1.165) is 21.9 Å². The van der Waals surface area contributed by atoms with Crippen molar-refractivity contribution in [2.24, 2.45) is 11.8 Å². The van der Waals surface area contributed by atoms with Gasteiger partial charge in [-0.2, -0.15) is 0 Å². The molecule has 1 aromatic carbocycles. The summed E-state index contributed by atoms with van der Waals surface area (Å²) in [6.07, 6.45) is 2.20. The lowest BCUT2D eigenvalue weighted by Crippen LogP contribution is -2.57. The van der Waals surface area contributed by atoms with Gasteiger partial charge in [0, 0.05) is 15.3 Å². The fraction of sp³-hybridized carbons (Fsp3) is 0.579. The molecular weight excluding hydrogens is 414 g/mol.